The van der Waals surface area contributed by atoms with E-state index in [-0.39, 0.29) is 48.5 Å². The van der Waals surface area contributed by atoms with Crippen LogP contribution in [0.4, 0.5) is 10.2 Å². The number of aromatic nitrogens is 2. The molecule has 13 heteroatoms. The Morgan fingerprint density at radius 2 is 1.95 bits per heavy atom. The molecule has 1 aromatic carbocycles. The molecule has 5 rings (SSSR count). The third kappa shape index (κ3) is 4.88. The number of ether oxygens (including phenoxy) is 3. The summed E-state index contributed by atoms with van der Waals surface area (Å²) < 4.78 is 33.2. The number of nitrogens with zero attached hydrogens (tertiary/aromatic N) is 4. The van der Waals surface area contributed by atoms with Gasteiger partial charge in [-0.3, -0.25) is 4.79 Å². The first-order chi connectivity index (χ1) is 19.3. The van der Waals surface area contributed by atoms with Gasteiger partial charge in [0.25, 0.3) is 0 Å². The summed E-state index contributed by atoms with van der Waals surface area (Å²) in [6.07, 6.45) is 2.95. The van der Waals surface area contributed by atoms with E-state index in [0.717, 1.165) is 18.9 Å². The molecule has 0 amide bonds. The van der Waals surface area contributed by atoms with E-state index < -0.39 is 22.8 Å². The van der Waals surface area contributed by atoms with Crippen LogP contribution in [0.3, 0.4) is 0 Å². The van der Waals surface area contributed by atoms with Crippen LogP contribution in [0.15, 0.2) is 34.3 Å². The molecule has 3 heterocycles. The fourth-order valence-corrected chi connectivity index (χ4v) is 4.94. The van der Waals surface area contributed by atoms with Crippen molar-refractivity contribution in [2.24, 2.45) is 16.8 Å². The topological polar surface area (TPSA) is 151 Å². The first-order valence-electron chi connectivity index (χ1n) is 12.7. The van der Waals surface area contributed by atoms with Crippen LogP contribution in [0.5, 0.6) is 17.2 Å². The summed E-state index contributed by atoms with van der Waals surface area (Å²) in [6.45, 7) is 0.880. The van der Waals surface area contributed by atoms with Gasteiger partial charge in [-0.25, -0.2) is 14.2 Å². The number of nitrogens with two attached hydrogens (primary N) is 1. The van der Waals surface area contributed by atoms with Crippen molar-refractivity contribution in [2.45, 2.75) is 25.5 Å². The Kier molecular flexibility index (Phi) is 7.48. The highest BCUT2D eigenvalue weighted by atomic mass is 19.1. The van der Waals surface area contributed by atoms with Crippen LogP contribution < -0.4 is 30.3 Å². The van der Waals surface area contributed by atoms with E-state index in [0.29, 0.717) is 35.1 Å². The van der Waals surface area contributed by atoms with Crippen LogP contribution in [-0.2, 0) is 11.4 Å². The number of aromatic carboxylic acids is 1. The number of fused-ring (bicyclic) bond motifs is 1. The number of rotatable bonds is 10. The third-order valence-electron chi connectivity index (χ3n) is 7.15. The minimum Gasteiger partial charge on any atom is -0.493 e. The molecule has 1 aliphatic carbocycles. The molecule has 0 radical (unpaired) electrons. The average molecular weight is 556 g/mol. The molecule has 3 N–H and O–H groups in total. The molecule has 0 spiro atoms. The van der Waals surface area contributed by atoms with Gasteiger partial charge in [0.2, 0.25) is 11.2 Å². The fraction of sp³-hybridized carbons (Fsp3) is 0.407. The smallest absolute Gasteiger partial charge is 0.341 e. The normalized spacial score (nSPS) is 17.9. The zero-order valence-electron chi connectivity index (χ0n) is 22.3. The lowest BCUT2D eigenvalue weighted by Crippen LogP contribution is -2.26. The van der Waals surface area contributed by atoms with E-state index in [2.05, 4.69) is 10.1 Å². The van der Waals surface area contributed by atoms with E-state index in [1.807, 2.05) is 0 Å². The molecule has 1 aliphatic heterocycles. The van der Waals surface area contributed by atoms with Gasteiger partial charge in [0.05, 0.1) is 39.0 Å². The number of pyridine rings is 2. The van der Waals surface area contributed by atoms with Gasteiger partial charge < -0.3 is 39.4 Å². The molecule has 2 aromatic heterocycles. The predicted molar refractivity (Wildman–Crippen MR) is 144 cm³/mol. The standard InChI is InChI=1S/C27H30FN5O7/c1-37-21-7-4-14(23(38-2)24(21)39-3)13-40-31-20-12-32(10-15(20)9-29)26-19(28)8-17-22(34)18(27(35)36)11-33(16-5-6-16)25(17)30-26/h4,7-8,11,15-16H,5-6,9-10,12-13,29H2,1-3H3,(H,35,36)/b31-20+. The number of hydrogen-bond donors (Lipinski definition) is 2. The van der Waals surface area contributed by atoms with E-state index in [4.69, 9.17) is 24.8 Å². The molecule has 2 fully saturated rings. The maximum atomic E-state index is 15.3. The van der Waals surface area contributed by atoms with E-state index >= 15 is 4.39 Å². The Morgan fingerprint density at radius 1 is 1.20 bits per heavy atom. The Balaban J connectivity index is 1.42. The number of carbonyl (C=O) groups is 1. The molecule has 1 atom stereocenters. The number of methoxy groups -OCH3 is 3. The molecule has 1 unspecified atom stereocenters. The molecule has 212 valence electrons. The predicted octanol–water partition coefficient (Wildman–Crippen LogP) is 2.56. The lowest BCUT2D eigenvalue weighted by molar-refractivity contribution is 0.0694. The first-order valence-corrected chi connectivity index (χ1v) is 12.7. The van der Waals surface area contributed by atoms with Crippen molar-refractivity contribution < 1.29 is 33.3 Å². The van der Waals surface area contributed by atoms with Gasteiger partial charge >= 0.3 is 5.97 Å². The van der Waals surface area contributed by atoms with Crippen molar-refractivity contribution >= 4 is 28.5 Å². The number of carboxylic acid groups (broad SMARTS) is 1. The van der Waals surface area contributed by atoms with E-state index in [1.54, 1.807) is 21.6 Å². The molecule has 12 nitrogen and oxygen atoms in total. The summed E-state index contributed by atoms with van der Waals surface area (Å²) in [5, 5.41) is 13.7. The third-order valence-corrected chi connectivity index (χ3v) is 7.15. The zero-order valence-corrected chi connectivity index (χ0v) is 22.3. The molecule has 1 saturated heterocycles. The molecular weight excluding hydrogens is 525 g/mol. The lowest BCUT2D eigenvalue weighted by atomic mass is 10.1. The Hall–Kier alpha value is -4.39. The number of oxime groups is 1. The largest absolute Gasteiger partial charge is 0.493 e. The molecular formula is C27H30FN5O7. The van der Waals surface area contributed by atoms with Gasteiger partial charge in [0.1, 0.15) is 17.8 Å². The van der Waals surface area contributed by atoms with Crippen LogP contribution in [0.1, 0.15) is 34.8 Å². The van der Waals surface area contributed by atoms with Gasteiger partial charge in [-0.15, -0.1) is 0 Å². The Bertz CT molecular complexity index is 1550. The molecule has 0 bridgehead atoms. The van der Waals surface area contributed by atoms with Crippen molar-refractivity contribution in [1.29, 1.82) is 0 Å². The summed E-state index contributed by atoms with van der Waals surface area (Å²) in [4.78, 5) is 36.2. The minimum absolute atomic E-state index is 0.0153. The molecule has 2 aliphatic rings. The fourth-order valence-electron chi connectivity index (χ4n) is 4.94. The number of hydrogen-bond acceptors (Lipinski definition) is 10. The zero-order chi connectivity index (χ0) is 28.6. The first kappa shape index (κ1) is 27.2. The maximum Gasteiger partial charge on any atom is 0.341 e. The van der Waals surface area contributed by atoms with Gasteiger partial charge in [0, 0.05) is 36.8 Å². The molecule has 40 heavy (non-hydrogen) atoms. The minimum atomic E-state index is -1.36. The SMILES string of the molecule is COc1ccc(CO/N=C2\CN(c3nc4c(cc3F)c(=O)c(C(=O)O)cn4C3CC3)CC2CN)c(OC)c1OC. The average Bonchev–Trinajstić information content (AvgIpc) is 3.71. The van der Waals surface area contributed by atoms with E-state index in [1.165, 1.54) is 27.5 Å². The van der Waals surface area contributed by atoms with Gasteiger partial charge in [0.15, 0.2) is 23.1 Å². The van der Waals surface area contributed by atoms with Gasteiger partial charge in [-0.05, 0) is 31.0 Å². The number of halogens is 1. The van der Waals surface area contributed by atoms with E-state index in [9.17, 15) is 14.7 Å². The highest BCUT2D eigenvalue weighted by Crippen LogP contribution is 2.40. The summed E-state index contributed by atoms with van der Waals surface area (Å²) in [5.41, 5.74) is 6.38. The maximum absolute atomic E-state index is 15.3. The molecule has 3 aromatic rings. The van der Waals surface area contributed by atoms with Gasteiger partial charge in [-0.2, -0.15) is 0 Å². The van der Waals surface area contributed by atoms with Crippen LogP contribution in [0.25, 0.3) is 11.0 Å². The number of anilines is 1. The van der Waals surface area contributed by atoms with Crippen molar-refractivity contribution in [3.05, 3.63) is 51.6 Å². The van der Waals surface area contributed by atoms with Gasteiger partial charge in [-0.1, -0.05) is 5.16 Å². The second kappa shape index (κ2) is 11.0. The highest BCUT2D eigenvalue weighted by molar-refractivity contribution is 5.95. The quantitative estimate of drug-likeness (QED) is 0.357. The summed E-state index contributed by atoms with van der Waals surface area (Å²) in [6, 6.07) is 4.60. The number of carboxylic acids is 1. The highest BCUT2D eigenvalue weighted by Gasteiger charge is 2.33. The van der Waals surface area contributed by atoms with Crippen molar-refractivity contribution in [3.8, 4) is 17.2 Å². The van der Waals surface area contributed by atoms with Crippen molar-refractivity contribution in [2.75, 3.05) is 45.9 Å². The summed E-state index contributed by atoms with van der Waals surface area (Å²) >= 11 is 0. The van der Waals surface area contributed by atoms with Crippen LogP contribution in [0, 0.1) is 11.7 Å². The molecule has 1 saturated carbocycles. The van der Waals surface area contributed by atoms with Crippen LogP contribution in [-0.4, -0.2) is 67.3 Å². The number of benzene rings is 1. The summed E-state index contributed by atoms with van der Waals surface area (Å²) in [5.74, 6) is -0.867. The summed E-state index contributed by atoms with van der Waals surface area (Å²) in [7, 11) is 4.56. The van der Waals surface area contributed by atoms with Crippen LogP contribution in [0.2, 0.25) is 0 Å². The van der Waals surface area contributed by atoms with Crippen molar-refractivity contribution in [1.82, 2.24) is 9.55 Å². The lowest BCUT2D eigenvalue weighted by Gasteiger charge is -2.19. The second-order valence-corrected chi connectivity index (χ2v) is 9.64. The Morgan fingerprint density at radius 3 is 2.58 bits per heavy atom. The van der Waals surface area contributed by atoms with Crippen molar-refractivity contribution in [3.63, 3.8) is 0 Å². The van der Waals surface area contributed by atoms with Crippen LogP contribution >= 0.6 is 0 Å². The monoisotopic (exact) mass is 555 g/mol. The Labute approximate surface area is 228 Å². The second-order valence-electron chi connectivity index (χ2n) is 9.64.